The molecule has 0 spiro atoms. The number of aromatic hydroxyl groups is 1. The molecule has 2 rings (SSSR count). The number of nitrogens with two attached hydrogens (primary N) is 1. The fraction of sp³-hybridized carbons (Fsp3) is 0. The summed E-state index contributed by atoms with van der Waals surface area (Å²) in [6.07, 6.45) is 0. The Balaban J connectivity index is 2.52. The molecule has 0 aliphatic heterocycles. The van der Waals surface area contributed by atoms with Gasteiger partial charge in [0.2, 0.25) is 0 Å². The molecule has 0 unspecified atom stereocenters. The van der Waals surface area contributed by atoms with E-state index in [-0.39, 0.29) is 0 Å². The number of nitrogen functional groups attached to an aromatic ring is 1. The molecular weight excluding hydrogens is 182 g/mol. The standard InChI is InChI=1S/C10H9NOS/c11-10-6-5-9(13-10)7-3-1-2-4-8(7)12/h1-6,12H,11H2. The molecule has 0 bridgehead atoms. The van der Waals surface area contributed by atoms with E-state index in [9.17, 15) is 5.11 Å². The lowest BCUT2D eigenvalue weighted by molar-refractivity contribution is 0.477. The highest BCUT2D eigenvalue weighted by Gasteiger charge is 2.04. The number of phenols is 1. The van der Waals surface area contributed by atoms with Gasteiger partial charge in [-0.3, -0.25) is 0 Å². The molecule has 0 aliphatic rings. The Kier molecular flexibility index (Phi) is 1.94. The summed E-state index contributed by atoms with van der Waals surface area (Å²) in [6.45, 7) is 0. The normalized spacial score (nSPS) is 10.2. The van der Waals surface area contributed by atoms with Gasteiger partial charge < -0.3 is 10.8 Å². The van der Waals surface area contributed by atoms with Crippen LogP contribution in [0.25, 0.3) is 10.4 Å². The zero-order valence-corrected chi connectivity index (χ0v) is 7.71. The van der Waals surface area contributed by atoms with Crippen LogP contribution in [0.4, 0.5) is 5.00 Å². The van der Waals surface area contributed by atoms with Gasteiger partial charge in [0.05, 0.1) is 5.00 Å². The smallest absolute Gasteiger partial charge is 0.124 e. The molecule has 0 aliphatic carbocycles. The van der Waals surface area contributed by atoms with E-state index in [1.54, 1.807) is 12.1 Å². The maximum Gasteiger partial charge on any atom is 0.124 e. The SMILES string of the molecule is Nc1ccc(-c2ccccc2O)s1. The molecule has 0 saturated carbocycles. The summed E-state index contributed by atoms with van der Waals surface area (Å²) in [4.78, 5) is 0.996. The summed E-state index contributed by atoms with van der Waals surface area (Å²) >= 11 is 1.47. The van der Waals surface area contributed by atoms with E-state index < -0.39 is 0 Å². The molecule has 66 valence electrons. The maximum absolute atomic E-state index is 9.54. The van der Waals surface area contributed by atoms with Crippen LogP contribution in [-0.4, -0.2) is 5.11 Å². The zero-order chi connectivity index (χ0) is 9.26. The van der Waals surface area contributed by atoms with Crippen LogP contribution in [0.15, 0.2) is 36.4 Å². The van der Waals surface area contributed by atoms with Crippen molar-refractivity contribution in [3.63, 3.8) is 0 Å². The van der Waals surface area contributed by atoms with Crippen molar-refractivity contribution in [1.82, 2.24) is 0 Å². The van der Waals surface area contributed by atoms with Gasteiger partial charge >= 0.3 is 0 Å². The zero-order valence-electron chi connectivity index (χ0n) is 6.90. The molecule has 2 nitrogen and oxygen atoms in total. The number of para-hydroxylation sites is 1. The highest BCUT2D eigenvalue weighted by Crippen LogP contribution is 2.34. The van der Waals surface area contributed by atoms with E-state index >= 15 is 0 Å². The topological polar surface area (TPSA) is 46.2 Å². The quantitative estimate of drug-likeness (QED) is 0.728. The second-order valence-corrected chi connectivity index (χ2v) is 3.83. The van der Waals surface area contributed by atoms with Crippen molar-refractivity contribution in [1.29, 1.82) is 0 Å². The molecule has 0 fully saturated rings. The third-order valence-electron chi connectivity index (χ3n) is 1.80. The first-order valence-corrected chi connectivity index (χ1v) is 4.73. The van der Waals surface area contributed by atoms with Crippen LogP contribution < -0.4 is 5.73 Å². The van der Waals surface area contributed by atoms with Crippen molar-refractivity contribution in [3.8, 4) is 16.2 Å². The largest absolute Gasteiger partial charge is 0.507 e. The highest BCUT2D eigenvalue weighted by atomic mass is 32.1. The van der Waals surface area contributed by atoms with Gasteiger partial charge in [-0.2, -0.15) is 0 Å². The van der Waals surface area contributed by atoms with Crippen molar-refractivity contribution in [2.45, 2.75) is 0 Å². The van der Waals surface area contributed by atoms with Crippen LogP contribution in [0.5, 0.6) is 5.75 Å². The van der Waals surface area contributed by atoms with E-state index in [0.29, 0.717) is 5.75 Å². The number of thiophene rings is 1. The van der Waals surface area contributed by atoms with Gasteiger partial charge in [-0.1, -0.05) is 12.1 Å². The molecule has 13 heavy (non-hydrogen) atoms. The van der Waals surface area contributed by atoms with Crippen molar-refractivity contribution >= 4 is 16.3 Å². The summed E-state index contributed by atoms with van der Waals surface area (Å²) < 4.78 is 0. The lowest BCUT2D eigenvalue weighted by Crippen LogP contribution is -1.73. The third kappa shape index (κ3) is 1.51. The molecule has 2 aromatic rings. The molecule has 0 atom stereocenters. The number of hydrogen-bond acceptors (Lipinski definition) is 3. The molecule has 0 amide bonds. The lowest BCUT2D eigenvalue weighted by Gasteiger charge is -1.99. The third-order valence-corrected chi connectivity index (χ3v) is 2.74. The number of phenolic OH excluding ortho intramolecular Hbond substituents is 1. The van der Waals surface area contributed by atoms with Gasteiger partial charge in [0.1, 0.15) is 5.75 Å². The predicted octanol–water partition coefficient (Wildman–Crippen LogP) is 2.70. The van der Waals surface area contributed by atoms with Crippen molar-refractivity contribution in [2.75, 3.05) is 5.73 Å². The summed E-state index contributed by atoms with van der Waals surface area (Å²) in [7, 11) is 0. The van der Waals surface area contributed by atoms with E-state index in [0.717, 1.165) is 15.4 Å². The van der Waals surface area contributed by atoms with Gasteiger partial charge in [-0.15, -0.1) is 11.3 Å². The number of benzene rings is 1. The Labute approximate surface area is 80.3 Å². The van der Waals surface area contributed by atoms with Gasteiger partial charge in [0, 0.05) is 10.4 Å². The van der Waals surface area contributed by atoms with Crippen molar-refractivity contribution in [3.05, 3.63) is 36.4 Å². The Hall–Kier alpha value is -1.48. The van der Waals surface area contributed by atoms with Crippen LogP contribution in [-0.2, 0) is 0 Å². The number of rotatable bonds is 1. The molecule has 1 aromatic carbocycles. The first-order valence-electron chi connectivity index (χ1n) is 3.91. The Morgan fingerprint density at radius 3 is 2.46 bits per heavy atom. The Morgan fingerprint density at radius 2 is 1.85 bits per heavy atom. The first kappa shape index (κ1) is 8.13. The average molecular weight is 191 g/mol. The minimum absolute atomic E-state index is 0.296. The van der Waals surface area contributed by atoms with E-state index in [2.05, 4.69) is 0 Å². The maximum atomic E-state index is 9.54. The van der Waals surface area contributed by atoms with Crippen molar-refractivity contribution in [2.24, 2.45) is 0 Å². The molecule has 3 heteroatoms. The molecule has 0 radical (unpaired) electrons. The van der Waals surface area contributed by atoms with Gasteiger partial charge in [-0.25, -0.2) is 0 Å². The molecular formula is C10H9NOS. The van der Waals surface area contributed by atoms with Crippen LogP contribution in [0.3, 0.4) is 0 Å². The predicted molar refractivity (Wildman–Crippen MR) is 55.8 cm³/mol. The van der Waals surface area contributed by atoms with Crippen LogP contribution in [0, 0.1) is 0 Å². The molecule has 3 N–H and O–H groups in total. The number of hydrogen-bond donors (Lipinski definition) is 2. The Bertz CT molecular complexity index is 422. The molecule has 1 heterocycles. The van der Waals surface area contributed by atoms with E-state index in [1.807, 2.05) is 24.3 Å². The lowest BCUT2D eigenvalue weighted by atomic mass is 10.2. The average Bonchev–Trinajstić information content (AvgIpc) is 2.53. The summed E-state index contributed by atoms with van der Waals surface area (Å²) in [5.74, 6) is 0.296. The van der Waals surface area contributed by atoms with Crippen molar-refractivity contribution < 1.29 is 5.11 Å². The van der Waals surface area contributed by atoms with Gasteiger partial charge in [-0.05, 0) is 24.3 Å². The van der Waals surface area contributed by atoms with Crippen LogP contribution >= 0.6 is 11.3 Å². The fourth-order valence-electron chi connectivity index (χ4n) is 1.18. The second-order valence-electron chi connectivity index (χ2n) is 2.72. The highest BCUT2D eigenvalue weighted by molar-refractivity contribution is 7.19. The summed E-state index contributed by atoms with van der Waals surface area (Å²) in [5.41, 5.74) is 6.44. The molecule has 0 saturated heterocycles. The minimum Gasteiger partial charge on any atom is -0.507 e. The van der Waals surface area contributed by atoms with Gasteiger partial charge in [0.15, 0.2) is 0 Å². The van der Waals surface area contributed by atoms with Crippen LogP contribution in [0.2, 0.25) is 0 Å². The van der Waals surface area contributed by atoms with E-state index in [4.69, 9.17) is 5.73 Å². The summed E-state index contributed by atoms with van der Waals surface area (Å²) in [5, 5.41) is 10.3. The molecule has 1 aromatic heterocycles. The van der Waals surface area contributed by atoms with E-state index in [1.165, 1.54) is 11.3 Å². The Morgan fingerprint density at radius 1 is 1.08 bits per heavy atom. The minimum atomic E-state index is 0.296. The van der Waals surface area contributed by atoms with Gasteiger partial charge in [0.25, 0.3) is 0 Å². The first-order chi connectivity index (χ1) is 6.27. The fourth-order valence-corrected chi connectivity index (χ4v) is 1.99. The monoisotopic (exact) mass is 191 g/mol. The second kappa shape index (κ2) is 3.11. The summed E-state index contributed by atoms with van der Waals surface area (Å²) in [6, 6.07) is 11.0. The number of anilines is 1. The van der Waals surface area contributed by atoms with Crippen LogP contribution in [0.1, 0.15) is 0 Å².